The summed E-state index contributed by atoms with van der Waals surface area (Å²) in [5.74, 6) is 0. The quantitative estimate of drug-likeness (QED) is 0.297. The smallest absolute Gasteiger partial charge is 0.0831 e. The van der Waals surface area contributed by atoms with Crippen LogP contribution >= 0.6 is 0 Å². The molecule has 33 heavy (non-hydrogen) atoms. The van der Waals surface area contributed by atoms with Crippen LogP contribution in [0, 0.1) is 0 Å². The van der Waals surface area contributed by atoms with Crippen molar-refractivity contribution >= 4 is 17.6 Å². The zero-order valence-corrected chi connectivity index (χ0v) is 18.8. The highest BCUT2D eigenvalue weighted by molar-refractivity contribution is 6.03. The van der Waals surface area contributed by atoms with Crippen molar-refractivity contribution in [2.75, 3.05) is 5.01 Å². The Morgan fingerprint density at radius 1 is 0.788 bits per heavy atom. The molecule has 0 aliphatic carbocycles. The molecule has 1 heterocycles. The van der Waals surface area contributed by atoms with Gasteiger partial charge in [-0.2, -0.15) is 5.10 Å². The van der Waals surface area contributed by atoms with E-state index in [9.17, 15) is 0 Å². The summed E-state index contributed by atoms with van der Waals surface area (Å²) in [6.07, 6.45) is 2.84. The van der Waals surface area contributed by atoms with Gasteiger partial charge in [0.2, 0.25) is 0 Å². The minimum Gasteiger partial charge on any atom is -0.285 e. The summed E-state index contributed by atoms with van der Waals surface area (Å²) in [5.41, 5.74) is 6.96. The number of rotatable bonds is 6. The molecule has 0 radical (unpaired) electrons. The third-order valence-electron chi connectivity index (χ3n) is 6.09. The molecule has 0 aromatic heterocycles. The van der Waals surface area contributed by atoms with Crippen LogP contribution in [0.4, 0.5) is 5.69 Å². The number of aliphatic imine (C=N–C) groups is 1. The fourth-order valence-electron chi connectivity index (χ4n) is 4.22. The minimum atomic E-state index is 0.130. The molecule has 0 amide bonds. The summed E-state index contributed by atoms with van der Waals surface area (Å²) >= 11 is 0. The topological polar surface area (TPSA) is 28.0 Å². The van der Waals surface area contributed by atoms with Crippen LogP contribution in [0.15, 0.2) is 125 Å². The molecule has 4 aromatic carbocycles. The first kappa shape index (κ1) is 20.9. The lowest BCUT2D eigenvalue weighted by Gasteiger charge is -2.24. The molecule has 4 aromatic rings. The van der Waals surface area contributed by atoms with Crippen LogP contribution in [0.3, 0.4) is 0 Å². The Bertz CT molecular complexity index is 1230. The van der Waals surface area contributed by atoms with Gasteiger partial charge in [0.25, 0.3) is 0 Å². The Morgan fingerprint density at radius 2 is 1.39 bits per heavy atom. The van der Waals surface area contributed by atoms with E-state index in [4.69, 9.17) is 10.1 Å². The van der Waals surface area contributed by atoms with Gasteiger partial charge in [-0.15, -0.1) is 0 Å². The van der Waals surface area contributed by atoms with Crippen molar-refractivity contribution in [1.82, 2.24) is 0 Å². The number of hydrogen-bond donors (Lipinski definition) is 0. The van der Waals surface area contributed by atoms with Crippen LogP contribution in [0.1, 0.15) is 47.7 Å². The van der Waals surface area contributed by atoms with Gasteiger partial charge in [0.15, 0.2) is 0 Å². The van der Waals surface area contributed by atoms with Crippen LogP contribution in [0.25, 0.3) is 0 Å². The van der Waals surface area contributed by atoms with E-state index >= 15 is 0 Å². The lowest BCUT2D eigenvalue weighted by atomic mass is 9.98. The van der Waals surface area contributed by atoms with Gasteiger partial charge in [-0.3, -0.25) is 10.0 Å². The molecular weight excluding hydrogens is 402 g/mol. The maximum Gasteiger partial charge on any atom is 0.0831 e. The molecule has 0 saturated heterocycles. The van der Waals surface area contributed by atoms with E-state index in [0.717, 1.165) is 23.4 Å². The minimum absolute atomic E-state index is 0.130. The number of nitrogens with zero attached hydrogens (tertiary/aromatic N) is 3. The summed E-state index contributed by atoms with van der Waals surface area (Å²) < 4.78 is 0. The standard InChI is InChI=1S/C30H27N3/c1-23(25-11-5-2-6-12-25)31-22-24-17-19-28(20-18-24)33-30(27-15-9-4-10-16-27)21-29(32-33)26-13-7-3-8-14-26/h2-20,22-23,30H,21H2,1H3. The zero-order chi connectivity index (χ0) is 22.5. The van der Waals surface area contributed by atoms with Crippen LogP contribution in [-0.4, -0.2) is 11.9 Å². The predicted octanol–water partition coefficient (Wildman–Crippen LogP) is 7.22. The van der Waals surface area contributed by atoms with E-state index in [1.54, 1.807) is 0 Å². The molecule has 1 aliphatic heterocycles. The molecule has 1 aliphatic rings. The highest BCUT2D eigenvalue weighted by Gasteiger charge is 2.29. The highest BCUT2D eigenvalue weighted by atomic mass is 15.5. The maximum atomic E-state index is 5.05. The summed E-state index contributed by atoms with van der Waals surface area (Å²) in [4.78, 5) is 4.74. The fourth-order valence-corrected chi connectivity index (χ4v) is 4.22. The Labute approximate surface area is 195 Å². The van der Waals surface area contributed by atoms with Crippen molar-refractivity contribution in [3.8, 4) is 0 Å². The zero-order valence-electron chi connectivity index (χ0n) is 18.8. The van der Waals surface area contributed by atoms with Crippen molar-refractivity contribution in [2.45, 2.75) is 25.4 Å². The van der Waals surface area contributed by atoms with Crippen LogP contribution in [0.5, 0.6) is 0 Å². The van der Waals surface area contributed by atoms with Crippen LogP contribution < -0.4 is 5.01 Å². The van der Waals surface area contributed by atoms with Gasteiger partial charge < -0.3 is 0 Å². The number of benzene rings is 4. The molecule has 0 bridgehead atoms. The van der Waals surface area contributed by atoms with Crippen molar-refractivity contribution in [1.29, 1.82) is 0 Å². The first-order valence-corrected chi connectivity index (χ1v) is 11.4. The average Bonchev–Trinajstić information content (AvgIpc) is 3.35. The van der Waals surface area contributed by atoms with Gasteiger partial charge in [-0.05, 0) is 41.3 Å². The molecule has 2 atom stereocenters. The predicted molar refractivity (Wildman–Crippen MR) is 138 cm³/mol. The average molecular weight is 430 g/mol. The molecule has 0 N–H and O–H groups in total. The highest BCUT2D eigenvalue weighted by Crippen LogP contribution is 2.36. The number of hydrazone groups is 1. The summed E-state index contributed by atoms with van der Waals surface area (Å²) in [6, 6.07) is 40.3. The van der Waals surface area contributed by atoms with Crippen LogP contribution in [-0.2, 0) is 0 Å². The monoisotopic (exact) mass is 429 g/mol. The van der Waals surface area contributed by atoms with Crippen molar-refractivity contribution in [3.63, 3.8) is 0 Å². The second-order valence-electron chi connectivity index (χ2n) is 8.34. The van der Waals surface area contributed by atoms with Gasteiger partial charge in [0, 0.05) is 12.6 Å². The van der Waals surface area contributed by atoms with Gasteiger partial charge in [-0.1, -0.05) is 103 Å². The SMILES string of the molecule is CC(N=Cc1ccc(N2N=C(c3ccccc3)CC2c2ccccc2)cc1)c1ccccc1. The van der Waals surface area contributed by atoms with E-state index in [0.29, 0.717) is 0 Å². The number of anilines is 1. The number of hydrogen-bond acceptors (Lipinski definition) is 3. The van der Waals surface area contributed by atoms with Gasteiger partial charge in [-0.25, -0.2) is 0 Å². The first-order valence-electron chi connectivity index (χ1n) is 11.4. The Kier molecular flexibility index (Phi) is 6.12. The normalized spacial score (nSPS) is 16.7. The molecule has 0 spiro atoms. The second-order valence-corrected chi connectivity index (χ2v) is 8.34. The van der Waals surface area contributed by atoms with Gasteiger partial charge in [0.05, 0.1) is 23.5 Å². The molecular formula is C30H27N3. The lowest BCUT2D eigenvalue weighted by Crippen LogP contribution is -2.18. The molecule has 0 fully saturated rings. The van der Waals surface area contributed by atoms with Gasteiger partial charge in [0.1, 0.15) is 0 Å². The molecule has 5 rings (SSSR count). The lowest BCUT2D eigenvalue weighted by molar-refractivity contribution is 0.709. The van der Waals surface area contributed by atoms with Crippen molar-refractivity contribution in [3.05, 3.63) is 138 Å². The van der Waals surface area contributed by atoms with Gasteiger partial charge >= 0.3 is 0 Å². The molecule has 0 saturated carbocycles. The Morgan fingerprint density at radius 3 is 2.06 bits per heavy atom. The Balaban J connectivity index is 1.40. The van der Waals surface area contributed by atoms with E-state index in [1.165, 1.54) is 16.7 Å². The molecule has 3 nitrogen and oxygen atoms in total. The Hall–Kier alpha value is -3.98. The van der Waals surface area contributed by atoms with Crippen molar-refractivity contribution in [2.24, 2.45) is 10.1 Å². The first-order chi connectivity index (χ1) is 16.3. The van der Waals surface area contributed by atoms with E-state index in [-0.39, 0.29) is 12.1 Å². The molecule has 3 heteroatoms. The molecule has 2 unspecified atom stereocenters. The van der Waals surface area contributed by atoms with Crippen molar-refractivity contribution < 1.29 is 0 Å². The fraction of sp³-hybridized carbons (Fsp3) is 0.133. The largest absolute Gasteiger partial charge is 0.285 e. The molecule has 162 valence electrons. The summed E-state index contributed by atoms with van der Waals surface area (Å²) in [5, 5.41) is 7.20. The van der Waals surface area contributed by atoms with E-state index < -0.39 is 0 Å². The maximum absolute atomic E-state index is 5.05. The van der Waals surface area contributed by atoms with E-state index in [1.807, 2.05) is 18.3 Å². The third kappa shape index (κ3) is 4.78. The summed E-state index contributed by atoms with van der Waals surface area (Å²) in [7, 11) is 0. The van der Waals surface area contributed by atoms with E-state index in [2.05, 4.69) is 115 Å². The second kappa shape index (κ2) is 9.66. The summed E-state index contributed by atoms with van der Waals surface area (Å²) in [6.45, 7) is 2.12. The third-order valence-corrected chi connectivity index (χ3v) is 6.09. The van der Waals surface area contributed by atoms with Crippen LogP contribution in [0.2, 0.25) is 0 Å².